The number of nitro benzene ring substituents is 1. The number of rotatable bonds is 4. The second-order valence-corrected chi connectivity index (χ2v) is 4.76. The van der Waals surface area contributed by atoms with E-state index in [0.717, 1.165) is 0 Å². The van der Waals surface area contributed by atoms with Gasteiger partial charge in [0.2, 0.25) is 0 Å². The molecule has 2 aromatic rings. The van der Waals surface area contributed by atoms with Crippen LogP contribution in [0.1, 0.15) is 20.7 Å². The van der Waals surface area contributed by atoms with Gasteiger partial charge in [-0.3, -0.25) is 10.1 Å². The molecule has 0 fully saturated rings. The van der Waals surface area contributed by atoms with Crippen LogP contribution in [-0.4, -0.2) is 24.0 Å². The van der Waals surface area contributed by atoms with Crippen molar-refractivity contribution < 1.29 is 24.0 Å². The number of benzene rings is 2. The Morgan fingerprint density at radius 1 is 1.09 bits per heavy atom. The first kappa shape index (κ1) is 16.4. The fourth-order valence-electron chi connectivity index (χ4n) is 1.74. The molecule has 0 saturated heterocycles. The predicted molar refractivity (Wildman–Crippen MR) is 80.8 cm³/mol. The molecular weight excluding hydrogens is 326 g/mol. The summed E-state index contributed by atoms with van der Waals surface area (Å²) in [5, 5.41) is 10.9. The molecule has 0 aliphatic carbocycles. The van der Waals surface area contributed by atoms with E-state index in [-0.39, 0.29) is 27.6 Å². The van der Waals surface area contributed by atoms with Gasteiger partial charge in [0.1, 0.15) is 11.3 Å². The van der Waals surface area contributed by atoms with Crippen LogP contribution in [0, 0.1) is 10.1 Å². The van der Waals surface area contributed by atoms with Crippen LogP contribution >= 0.6 is 11.6 Å². The van der Waals surface area contributed by atoms with Gasteiger partial charge in [0.05, 0.1) is 17.6 Å². The average molecular weight is 336 g/mol. The molecule has 23 heavy (non-hydrogen) atoms. The lowest BCUT2D eigenvalue weighted by molar-refractivity contribution is -0.384. The summed E-state index contributed by atoms with van der Waals surface area (Å²) in [5.41, 5.74) is -0.0556. The molecule has 0 atom stereocenters. The van der Waals surface area contributed by atoms with Gasteiger partial charge in [0, 0.05) is 17.2 Å². The van der Waals surface area contributed by atoms with Gasteiger partial charge >= 0.3 is 11.9 Å². The number of methoxy groups -OCH3 is 1. The molecule has 0 spiro atoms. The third-order valence-corrected chi connectivity index (χ3v) is 3.10. The Morgan fingerprint density at radius 2 is 1.74 bits per heavy atom. The molecule has 0 amide bonds. The summed E-state index contributed by atoms with van der Waals surface area (Å²) in [7, 11) is 1.19. The normalized spacial score (nSPS) is 10.0. The first-order valence-corrected chi connectivity index (χ1v) is 6.64. The number of nitro groups is 1. The smallest absolute Gasteiger partial charge is 0.343 e. The van der Waals surface area contributed by atoms with Crippen LogP contribution in [0.15, 0.2) is 42.5 Å². The van der Waals surface area contributed by atoms with E-state index >= 15 is 0 Å². The van der Waals surface area contributed by atoms with E-state index in [1.54, 1.807) is 0 Å². The number of halogens is 1. The lowest BCUT2D eigenvalue weighted by atomic mass is 10.2. The van der Waals surface area contributed by atoms with E-state index in [1.807, 2.05) is 0 Å². The molecule has 0 aliphatic rings. The molecule has 0 aromatic heterocycles. The maximum Gasteiger partial charge on any atom is 0.343 e. The molecule has 2 rings (SSSR count). The molecule has 7 nitrogen and oxygen atoms in total. The number of carbonyl (C=O) groups excluding carboxylic acids is 2. The molecule has 0 radical (unpaired) electrons. The summed E-state index contributed by atoms with van der Waals surface area (Å²) >= 11 is 5.81. The fourth-order valence-corrected chi connectivity index (χ4v) is 1.91. The highest BCUT2D eigenvalue weighted by Crippen LogP contribution is 2.25. The van der Waals surface area contributed by atoms with Gasteiger partial charge in [-0.1, -0.05) is 11.6 Å². The minimum Gasteiger partial charge on any atom is -0.465 e. The standard InChI is InChI=1S/C15H10ClNO6/c1-22-15(19)12-8-10(16)4-7-13(12)23-14(18)9-2-5-11(6-3-9)17(20)21/h2-8H,1H3. The number of esters is 2. The first-order chi connectivity index (χ1) is 10.9. The van der Waals surface area contributed by atoms with Gasteiger partial charge < -0.3 is 9.47 Å². The van der Waals surface area contributed by atoms with E-state index in [0.29, 0.717) is 0 Å². The van der Waals surface area contributed by atoms with Crippen molar-refractivity contribution in [2.75, 3.05) is 7.11 Å². The minimum atomic E-state index is -0.771. The van der Waals surface area contributed by atoms with Gasteiger partial charge in [-0.15, -0.1) is 0 Å². The molecule has 0 unspecified atom stereocenters. The van der Waals surface area contributed by atoms with Crippen molar-refractivity contribution in [3.8, 4) is 5.75 Å². The fraction of sp³-hybridized carbons (Fsp3) is 0.0667. The Balaban J connectivity index is 2.26. The quantitative estimate of drug-likeness (QED) is 0.368. The van der Waals surface area contributed by atoms with Crippen molar-refractivity contribution in [2.24, 2.45) is 0 Å². The molecule has 0 saturated carbocycles. The number of carbonyl (C=O) groups is 2. The number of hydrogen-bond donors (Lipinski definition) is 0. The van der Waals surface area contributed by atoms with Crippen LogP contribution in [0.5, 0.6) is 5.75 Å². The second kappa shape index (κ2) is 6.89. The summed E-state index contributed by atoms with van der Waals surface area (Å²) in [4.78, 5) is 33.7. The van der Waals surface area contributed by atoms with Crippen LogP contribution in [0.3, 0.4) is 0 Å². The van der Waals surface area contributed by atoms with Crippen molar-refractivity contribution in [1.82, 2.24) is 0 Å². The number of non-ortho nitro benzene ring substituents is 1. The van der Waals surface area contributed by atoms with Crippen LogP contribution < -0.4 is 4.74 Å². The molecule has 0 aliphatic heterocycles. The molecule has 0 bridgehead atoms. The maximum atomic E-state index is 12.1. The molecule has 0 N–H and O–H groups in total. The average Bonchev–Trinajstić information content (AvgIpc) is 2.55. The summed E-state index contributed by atoms with van der Waals surface area (Å²) < 4.78 is 9.74. The Kier molecular flexibility index (Phi) is 4.92. The van der Waals surface area contributed by atoms with Crippen LogP contribution in [0.25, 0.3) is 0 Å². The zero-order chi connectivity index (χ0) is 17.0. The predicted octanol–water partition coefficient (Wildman–Crippen LogP) is 3.25. The molecule has 8 heteroatoms. The third kappa shape index (κ3) is 3.83. The molecular formula is C15H10ClNO6. The summed E-state index contributed by atoms with van der Waals surface area (Å²) in [5.74, 6) is -1.50. The Bertz CT molecular complexity index is 772. The Morgan fingerprint density at radius 3 is 2.30 bits per heavy atom. The van der Waals surface area contributed by atoms with Gasteiger partial charge in [-0.05, 0) is 30.3 Å². The lowest BCUT2D eigenvalue weighted by Crippen LogP contribution is -2.12. The Hall–Kier alpha value is -2.93. The number of hydrogen-bond acceptors (Lipinski definition) is 6. The van der Waals surface area contributed by atoms with Crippen molar-refractivity contribution in [2.45, 2.75) is 0 Å². The highest BCUT2D eigenvalue weighted by atomic mass is 35.5. The molecule has 2 aromatic carbocycles. The largest absolute Gasteiger partial charge is 0.465 e. The topological polar surface area (TPSA) is 95.7 Å². The summed E-state index contributed by atoms with van der Waals surface area (Å²) in [6.45, 7) is 0. The van der Waals surface area contributed by atoms with Crippen molar-refractivity contribution in [1.29, 1.82) is 0 Å². The monoisotopic (exact) mass is 335 g/mol. The molecule has 0 heterocycles. The van der Waals surface area contributed by atoms with Gasteiger partial charge in [-0.25, -0.2) is 9.59 Å². The third-order valence-electron chi connectivity index (χ3n) is 2.86. The van der Waals surface area contributed by atoms with Gasteiger partial charge in [-0.2, -0.15) is 0 Å². The van der Waals surface area contributed by atoms with Crippen LogP contribution in [0.2, 0.25) is 5.02 Å². The SMILES string of the molecule is COC(=O)c1cc(Cl)ccc1OC(=O)c1ccc([N+](=O)[O-])cc1. The van der Waals surface area contributed by atoms with E-state index in [9.17, 15) is 19.7 Å². The Labute approximate surface area is 135 Å². The van der Waals surface area contributed by atoms with Crippen molar-refractivity contribution in [3.05, 3.63) is 68.7 Å². The van der Waals surface area contributed by atoms with E-state index in [2.05, 4.69) is 4.74 Å². The van der Waals surface area contributed by atoms with Gasteiger partial charge in [0.25, 0.3) is 5.69 Å². The summed E-state index contributed by atoms with van der Waals surface area (Å²) in [6, 6.07) is 9.00. The lowest BCUT2D eigenvalue weighted by Gasteiger charge is -2.09. The van der Waals surface area contributed by atoms with E-state index in [1.165, 1.54) is 49.6 Å². The zero-order valence-electron chi connectivity index (χ0n) is 11.8. The van der Waals surface area contributed by atoms with Crippen LogP contribution in [0.4, 0.5) is 5.69 Å². The number of nitrogens with zero attached hydrogens (tertiary/aromatic N) is 1. The summed E-state index contributed by atoms with van der Waals surface area (Å²) in [6.07, 6.45) is 0. The van der Waals surface area contributed by atoms with Gasteiger partial charge in [0.15, 0.2) is 0 Å². The first-order valence-electron chi connectivity index (χ1n) is 6.27. The van der Waals surface area contributed by atoms with Crippen molar-refractivity contribution in [3.63, 3.8) is 0 Å². The maximum absolute atomic E-state index is 12.1. The number of ether oxygens (including phenoxy) is 2. The highest BCUT2D eigenvalue weighted by Gasteiger charge is 2.18. The zero-order valence-corrected chi connectivity index (χ0v) is 12.6. The highest BCUT2D eigenvalue weighted by molar-refractivity contribution is 6.31. The molecule has 118 valence electrons. The minimum absolute atomic E-state index is 0.00439. The van der Waals surface area contributed by atoms with E-state index < -0.39 is 16.9 Å². The second-order valence-electron chi connectivity index (χ2n) is 4.33. The van der Waals surface area contributed by atoms with E-state index in [4.69, 9.17) is 16.3 Å². The van der Waals surface area contributed by atoms with Crippen molar-refractivity contribution >= 4 is 29.2 Å². The van der Waals surface area contributed by atoms with Crippen LogP contribution in [-0.2, 0) is 4.74 Å².